The summed E-state index contributed by atoms with van der Waals surface area (Å²) in [6.07, 6.45) is 18.9. The highest BCUT2D eigenvalue weighted by Crippen LogP contribution is 2.44. The zero-order chi connectivity index (χ0) is 14.4. The lowest BCUT2D eigenvalue weighted by molar-refractivity contribution is 1.17. The van der Waals surface area contributed by atoms with Gasteiger partial charge in [0.2, 0.25) is 0 Å². The molecule has 0 heterocycles. The van der Waals surface area contributed by atoms with Crippen LogP contribution in [-0.2, 0) is 0 Å². The van der Waals surface area contributed by atoms with E-state index < -0.39 is 0 Å². The van der Waals surface area contributed by atoms with Gasteiger partial charge in [-0.15, -0.1) is 11.8 Å². The molecule has 0 amide bonds. The second-order valence-corrected chi connectivity index (χ2v) is 4.87. The number of hydrogen-bond donors (Lipinski definition) is 0. The van der Waals surface area contributed by atoms with Crippen LogP contribution < -0.4 is 0 Å². The van der Waals surface area contributed by atoms with Gasteiger partial charge in [0.15, 0.2) is 0 Å². The van der Waals surface area contributed by atoms with Gasteiger partial charge >= 0.3 is 0 Å². The normalized spacial score (nSPS) is 22.4. The van der Waals surface area contributed by atoms with Crippen molar-refractivity contribution in [2.24, 2.45) is 0 Å². The molecule has 0 aliphatic heterocycles. The number of allylic oxidation sites excluding steroid dienone is 4. The van der Waals surface area contributed by atoms with E-state index in [0.29, 0.717) is 4.91 Å². The van der Waals surface area contributed by atoms with Crippen LogP contribution in [0.1, 0.15) is 0 Å². The summed E-state index contributed by atoms with van der Waals surface area (Å²) in [5.41, 5.74) is 1.60. The largest absolute Gasteiger partial charge is 0.193 e. The molecule has 0 saturated heterocycles. The Kier molecular flexibility index (Phi) is 5.74. The summed E-state index contributed by atoms with van der Waals surface area (Å²) in [5, 5.41) is 18.4. The van der Waals surface area contributed by atoms with Crippen LogP contribution in [0.4, 0.5) is 0 Å². The minimum atomic E-state index is 0.610. The molecule has 0 aromatic rings. The lowest BCUT2D eigenvalue weighted by atomic mass is 9.82. The summed E-state index contributed by atoms with van der Waals surface area (Å²) in [4.78, 5) is 0.610. The summed E-state index contributed by atoms with van der Waals surface area (Å²) < 4.78 is 0. The third kappa shape index (κ3) is 3.28. The molecule has 2 rings (SSSR count). The van der Waals surface area contributed by atoms with Crippen LogP contribution in [0, 0.1) is 85.9 Å². The van der Waals surface area contributed by atoms with E-state index in [1.165, 1.54) is 17.8 Å². The minimum absolute atomic E-state index is 0.610. The van der Waals surface area contributed by atoms with E-state index in [0.717, 1.165) is 23.0 Å². The molecule has 2 fully saturated rings. The molecular weight excluding hydrogens is 264 g/mol. The minimum Gasteiger partial charge on any atom is -0.193 e. The van der Waals surface area contributed by atoms with Crippen LogP contribution in [-0.4, -0.2) is 6.26 Å². The molecule has 2 aliphatic rings. The van der Waals surface area contributed by atoms with Gasteiger partial charge in [0.1, 0.15) is 6.07 Å². The van der Waals surface area contributed by atoms with Crippen LogP contribution >= 0.6 is 11.8 Å². The van der Waals surface area contributed by atoms with Gasteiger partial charge in [-0.05, 0) is 68.8 Å². The van der Waals surface area contributed by atoms with Gasteiger partial charge in [-0.2, -0.15) is 10.5 Å². The van der Waals surface area contributed by atoms with Crippen molar-refractivity contribution in [2.45, 2.75) is 0 Å². The second kappa shape index (κ2) is 7.55. The number of rotatable bonds is 4. The van der Waals surface area contributed by atoms with Gasteiger partial charge in [-0.1, -0.05) is 0 Å². The average molecular weight is 276 g/mol. The first kappa shape index (κ1) is 15.2. The van der Waals surface area contributed by atoms with E-state index >= 15 is 0 Å². The van der Waals surface area contributed by atoms with Crippen molar-refractivity contribution in [1.29, 1.82) is 10.5 Å². The summed E-state index contributed by atoms with van der Waals surface area (Å²) >= 11 is 1.40. The fraction of sp³-hybridized carbons (Fsp3) is 0.0588. The summed E-state index contributed by atoms with van der Waals surface area (Å²) in [7, 11) is 0. The third-order valence-electron chi connectivity index (χ3n) is 2.94. The van der Waals surface area contributed by atoms with E-state index in [-0.39, 0.29) is 0 Å². The first-order valence-corrected chi connectivity index (χ1v) is 7.27. The van der Waals surface area contributed by atoms with E-state index in [9.17, 15) is 5.26 Å². The highest BCUT2D eigenvalue weighted by atomic mass is 32.2. The van der Waals surface area contributed by atoms with Gasteiger partial charge in [-0.25, -0.2) is 0 Å². The molecule has 0 N–H and O–H groups in total. The Bertz CT molecular complexity index is 478. The molecule has 96 valence electrons. The van der Waals surface area contributed by atoms with Crippen LogP contribution in [0.25, 0.3) is 0 Å². The molecule has 2 nitrogen and oxygen atoms in total. The van der Waals surface area contributed by atoms with Crippen molar-refractivity contribution >= 4 is 11.8 Å². The van der Waals surface area contributed by atoms with Crippen molar-refractivity contribution < 1.29 is 0 Å². The standard InChI is InChI=1S/C17H12N2S/c1-20-16(12-19)17(14-8-4-5-9-14)15(10-11-18)13-6-2-3-7-13/h2-10H,1H3/b15-10-,17-16+. The van der Waals surface area contributed by atoms with E-state index in [4.69, 9.17) is 5.26 Å². The predicted molar refractivity (Wildman–Crippen MR) is 80.7 cm³/mol. The SMILES string of the molecule is CS/C(C#N)=C([C]1[CH][CH][CH][CH]1)/C(=C\C#N)[C]1[CH][CH][CH][CH]1. The summed E-state index contributed by atoms with van der Waals surface area (Å²) in [6.45, 7) is 0. The molecule has 20 heavy (non-hydrogen) atoms. The van der Waals surface area contributed by atoms with Crippen molar-refractivity contribution in [1.82, 2.24) is 0 Å². The van der Waals surface area contributed by atoms with Gasteiger partial charge in [0.05, 0.1) is 11.0 Å². The maximum atomic E-state index is 9.37. The number of nitrogens with zero attached hydrogens (tertiary/aromatic N) is 2. The molecule has 0 aromatic carbocycles. The third-order valence-corrected chi connectivity index (χ3v) is 3.64. The van der Waals surface area contributed by atoms with Crippen LogP contribution in [0.5, 0.6) is 0 Å². The van der Waals surface area contributed by atoms with Gasteiger partial charge < -0.3 is 0 Å². The Morgan fingerprint density at radius 2 is 1.55 bits per heavy atom. The fourth-order valence-electron chi connectivity index (χ4n) is 2.07. The van der Waals surface area contributed by atoms with Crippen LogP contribution in [0.2, 0.25) is 0 Å². The van der Waals surface area contributed by atoms with Crippen molar-refractivity contribution in [3.8, 4) is 12.1 Å². The summed E-state index contributed by atoms with van der Waals surface area (Å²) in [6, 6.07) is 4.32. The Hall–Kier alpha value is -1.19. The molecule has 0 spiro atoms. The smallest absolute Gasteiger partial charge is 0.106 e. The van der Waals surface area contributed by atoms with E-state index in [1.54, 1.807) is 0 Å². The topological polar surface area (TPSA) is 47.6 Å². The van der Waals surface area contributed by atoms with E-state index in [1.807, 2.05) is 57.6 Å². The molecule has 0 atom stereocenters. The lowest BCUT2D eigenvalue weighted by Crippen LogP contribution is -2.09. The maximum Gasteiger partial charge on any atom is 0.106 e. The molecular formula is C17H12N2S. The van der Waals surface area contributed by atoms with Crippen LogP contribution in [0.3, 0.4) is 0 Å². The maximum absolute atomic E-state index is 9.37. The Morgan fingerprint density at radius 3 is 2.00 bits per heavy atom. The Morgan fingerprint density at radius 1 is 1.00 bits per heavy atom. The molecule has 10 radical (unpaired) electrons. The number of nitriles is 2. The molecule has 2 saturated carbocycles. The Labute approximate surface area is 126 Å². The zero-order valence-corrected chi connectivity index (χ0v) is 11.8. The Balaban J connectivity index is 2.42. The van der Waals surface area contributed by atoms with Gasteiger partial charge in [0.25, 0.3) is 0 Å². The van der Waals surface area contributed by atoms with Crippen molar-refractivity contribution in [3.05, 3.63) is 85.3 Å². The summed E-state index contributed by atoms with van der Waals surface area (Å²) in [5.74, 6) is 1.91. The number of thioether (sulfide) groups is 1. The first-order valence-electron chi connectivity index (χ1n) is 6.04. The molecule has 0 unspecified atom stereocenters. The van der Waals surface area contributed by atoms with Gasteiger partial charge in [-0.3, -0.25) is 0 Å². The van der Waals surface area contributed by atoms with Crippen molar-refractivity contribution in [3.63, 3.8) is 0 Å². The van der Waals surface area contributed by atoms with Crippen molar-refractivity contribution in [2.75, 3.05) is 6.26 Å². The van der Waals surface area contributed by atoms with E-state index in [2.05, 4.69) is 12.1 Å². The van der Waals surface area contributed by atoms with Gasteiger partial charge in [0, 0.05) is 17.9 Å². The fourth-order valence-corrected chi connectivity index (χ4v) is 2.59. The first-order chi connectivity index (χ1) is 9.81. The average Bonchev–Trinajstić information content (AvgIpc) is 3.14. The predicted octanol–water partition coefficient (Wildman–Crippen LogP) is 3.39. The molecule has 0 aromatic heterocycles. The highest BCUT2D eigenvalue weighted by molar-refractivity contribution is 8.02. The molecule has 3 heteroatoms. The second-order valence-electron chi connectivity index (χ2n) is 4.05. The zero-order valence-electron chi connectivity index (χ0n) is 11.0. The van der Waals surface area contributed by atoms with Crippen LogP contribution in [0.15, 0.2) is 22.1 Å². The lowest BCUT2D eigenvalue weighted by Gasteiger charge is -2.22. The number of hydrogen-bond acceptors (Lipinski definition) is 3. The monoisotopic (exact) mass is 276 g/mol. The quantitative estimate of drug-likeness (QED) is 0.584. The molecule has 2 aliphatic carbocycles. The molecule has 0 bridgehead atoms. The highest BCUT2D eigenvalue weighted by Gasteiger charge is 2.32.